The molecule has 0 spiro atoms. The Morgan fingerprint density at radius 1 is 0.947 bits per heavy atom. The Morgan fingerprint density at radius 2 is 1.68 bits per heavy atom. The van der Waals surface area contributed by atoms with Crippen molar-refractivity contribution >= 4 is 0 Å². The summed E-state index contributed by atoms with van der Waals surface area (Å²) in [7, 11) is 0. The van der Waals surface area contributed by atoms with Crippen LogP contribution in [0.1, 0.15) is 19.4 Å². The van der Waals surface area contributed by atoms with E-state index in [0.29, 0.717) is 6.04 Å². The van der Waals surface area contributed by atoms with Gasteiger partial charge in [-0.05, 0) is 42.8 Å². The molecular weight excluding hydrogens is 234 g/mol. The number of nitrogens with one attached hydrogen (secondary N) is 1. The van der Waals surface area contributed by atoms with Gasteiger partial charge in [0.25, 0.3) is 0 Å². The standard InChI is InChI=1S/C17H21NO/c1-14(2)18-12-11-15-7-6-10-17(13-15)19-16-8-4-3-5-9-16/h3-10,13-14,18H,11-12H2,1-2H3. The van der Waals surface area contributed by atoms with Crippen LogP contribution in [-0.4, -0.2) is 12.6 Å². The summed E-state index contributed by atoms with van der Waals surface area (Å²) in [5, 5.41) is 3.42. The average Bonchev–Trinajstić information content (AvgIpc) is 2.40. The lowest BCUT2D eigenvalue weighted by Gasteiger charge is -2.09. The minimum Gasteiger partial charge on any atom is -0.457 e. The Labute approximate surface area is 115 Å². The summed E-state index contributed by atoms with van der Waals surface area (Å²) < 4.78 is 5.83. The zero-order valence-corrected chi connectivity index (χ0v) is 11.6. The maximum absolute atomic E-state index is 5.83. The van der Waals surface area contributed by atoms with Gasteiger partial charge in [0.1, 0.15) is 11.5 Å². The molecule has 0 fully saturated rings. The van der Waals surface area contributed by atoms with E-state index in [4.69, 9.17) is 4.74 Å². The minimum absolute atomic E-state index is 0.531. The zero-order chi connectivity index (χ0) is 13.5. The van der Waals surface area contributed by atoms with Gasteiger partial charge >= 0.3 is 0 Å². The van der Waals surface area contributed by atoms with Gasteiger partial charge < -0.3 is 10.1 Å². The largest absolute Gasteiger partial charge is 0.457 e. The van der Waals surface area contributed by atoms with Crippen molar-refractivity contribution in [2.75, 3.05) is 6.54 Å². The minimum atomic E-state index is 0.531. The topological polar surface area (TPSA) is 21.3 Å². The first kappa shape index (κ1) is 13.6. The highest BCUT2D eigenvalue weighted by Crippen LogP contribution is 2.21. The number of rotatable bonds is 6. The molecule has 2 nitrogen and oxygen atoms in total. The van der Waals surface area contributed by atoms with Crippen LogP contribution in [-0.2, 0) is 6.42 Å². The van der Waals surface area contributed by atoms with Crippen LogP contribution in [0.15, 0.2) is 54.6 Å². The second-order valence-corrected chi connectivity index (χ2v) is 4.92. The van der Waals surface area contributed by atoms with Gasteiger partial charge in [0, 0.05) is 6.04 Å². The lowest BCUT2D eigenvalue weighted by atomic mass is 10.1. The average molecular weight is 255 g/mol. The van der Waals surface area contributed by atoms with Crippen molar-refractivity contribution in [3.05, 3.63) is 60.2 Å². The van der Waals surface area contributed by atoms with Crippen LogP contribution in [0.2, 0.25) is 0 Å². The smallest absolute Gasteiger partial charge is 0.127 e. The molecule has 19 heavy (non-hydrogen) atoms. The highest BCUT2D eigenvalue weighted by atomic mass is 16.5. The van der Waals surface area contributed by atoms with Crippen LogP contribution in [0.4, 0.5) is 0 Å². The molecule has 0 aliphatic heterocycles. The van der Waals surface area contributed by atoms with Gasteiger partial charge in [-0.1, -0.05) is 44.2 Å². The van der Waals surface area contributed by atoms with Crippen LogP contribution in [0, 0.1) is 0 Å². The number of hydrogen-bond acceptors (Lipinski definition) is 2. The molecule has 1 N–H and O–H groups in total. The van der Waals surface area contributed by atoms with E-state index in [1.807, 2.05) is 42.5 Å². The van der Waals surface area contributed by atoms with Gasteiger partial charge in [-0.15, -0.1) is 0 Å². The molecule has 0 saturated carbocycles. The maximum Gasteiger partial charge on any atom is 0.127 e. The first-order chi connectivity index (χ1) is 9.24. The summed E-state index contributed by atoms with van der Waals surface area (Å²) in [6.07, 6.45) is 1.02. The third kappa shape index (κ3) is 4.76. The van der Waals surface area contributed by atoms with E-state index in [2.05, 4.69) is 31.3 Å². The van der Waals surface area contributed by atoms with E-state index < -0.39 is 0 Å². The van der Waals surface area contributed by atoms with Crippen LogP contribution < -0.4 is 10.1 Å². The Bertz CT molecular complexity index is 494. The highest BCUT2D eigenvalue weighted by molar-refractivity contribution is 5.33. The summed E-state index contributed by atoms with van der Waals surface area (Å²) in [6.45, 7) is 5.32. The van der Waals surface area contributed by atoms with Crippen molar-refractivity contribution in [2.45, 2.75) is 26.3 Å². The molecule has 0 radical (unpaired) electrons. The second kappa shape index (κ2) is 6.95. The van der Waals surface area contributed by atoms with Crippen molar-refractivity contribution in [3.8, 4) is 11.5 Å². The maximum atomic E-state index is 5.83. The van der Waals surface area contributed by atoms with E-state index in [-0.39, 0.29) is 0 Å². The molecule has 0 unspecified atom stereocenters. The number of para-hydroxylation sites is 1. The summed E-state index contributed by atoms with van der Waals surface area (Å²) in [5.74, 6) is 1.77. The fraction of sp³-hybridized carbons (Fsp3) is 0.294. The second-order valence-electron chi connectivity index (χ2n) is 4.92. The van der Waals surface area contributed by atoms with Crippen LogP contribution >= 0.6 is 0 Å². The van der Waals surface area contributed by atoms with Crippen LogP contribution in [0.3, 0.4) is 0 Å². The first-order valence-corrected chi connectivity index (χ1v) is 6.79. The summed E-state index contributed by atoms with van der Waals surface area (Å²) in [5.41, 5.74) is 1.29. The van der Waals surface area contributed by atoms with Crippen molar-refractivity contribution in [3.63, 3.8) is 0 Å². The molecule has 0 atom stereocenters. The molecule has 100 valence electrons. The van der Waals surface area contributed by atoms with Gasteiger partial charge in [-0.25, -0.2) is 0 Å². The Balaban J connectivity index is 1.95. The molecule has 0 aliphatic carbocycles. The fourth-order valence-electron chi connectivity index (χ4n) is 1.89. The summed E-state index contributed by atoms with van der Waals surface area (Å²) in [6, 6.07) is 18.7. The van der Waals surface area contributed by atoms with E-state index in [9.17, 15) is 0 Å². The molecule has 2 aromatic rings. The Hall–Kier alpha value is -1.80. The molecule has 0 bridgehead atoms. The first-order valence-electron chi connectivity index (χ1n) is 6.79. The third-order valence-corrected chi connectivity index (χ3v) is 2.84. The van der Waals surface area contributed by atoms with Gasteiger partial charge in [-0.2, -0.15) is 0 Å². The highest BCUT2D eigenvalue weighted by Gasteiger charge is 1.99. The summed E-state index contributed by atoms with van der Waals surface area (Å²) >= 11 is 0. The van der Waals surface area contributed by atoms with Crippen LogP contribution in [0.25, 0.3) is 0 Å². The molecule has 2 rings (SSSR count). The molecular formula is C17H21NO. The molecule has 2 aromatic carbocycles. The van der Waals surface area contributed by atoms with Gasteiger partial charge in [0.2, 0.25) is 0 Å². The zero-order valence-electron chi connectivity index (χ0n) is 11.6. The number of hydrogen-bond donors (Lipinski definition) is 1. The van der Waals surface area contributed by atoms with E-state index >= 15 is 0 Å². The normalized spacial score (nSPS) is 10.7. The molecule has 2 heteroatoms. The summed E-state index contributed by atoms with van der Waals surface area (Å²) in [4.78, 5) is 0. The van der Waals surface area contributed by atoms with E-state index in [0.717, 1.165) is 24.5 Å². The van der Waals surface area contributed by atoms with Crippen molar-refractivity contribution in [1.82, 2.24) is 5.32 Å². The lowest BCUT2D eigenvalue weighted by Crippen LogP contribution is -2.24. The van der Waals surface area contributed by atoms with Gasteiger partial charge in [0.05, 0.1) is 0 Å². The lowest BCUT2D eigenvalue weighted by molar-refractivity contribution is 0.481. The Kier molecular flexibility index (Phi) is 4.99. The van der Waals surface area contributed by atoms with Crippen molar-refractivity contribution < 1.29 is 4.74 Å². The van der Waals surface area contributed by atoms with E-state index in [1.165, 1.54) is 5.56 Å². The molecule has 0 aromatic heterocycles. The number of ether oxygens (including phenoxy) is 1. The van der Waals surface area contributed by atoms with Crippen molar-refractivity contribution in [2.24, 2.45) is 0 Å². The number of benzene rings is 2. The predicted octanol–water partition coefficient (Wildman–Crippen LogP) is 4.02. The van der Waals surface area contributed by atoms with Gasteiger partial charge in [0.15, 0.2) is 0 Å². The fourth-order valence-corrected chi connectivity index (χ4v) is 1.89. The molecule has 0 saturated heterocycles. The SMILES string of the molecule is CC(C)NCCc1cccc(Oc2ccccc2)c1. The molecule has 0 amide bonds. The van der Waals surface area contributed by atoms with Gasteiger partial charge in [-0.3, -0.25) is 0 Å². The Morgan fingerprint density at radius 3 is 2.42 bits per heavy atom. The van der Waals surface area contributed by atoms with Crippen LogP contribution in [0.5, 0.6) is 11.5 Å². The quantitative estimate of drug-likeness (QED) is 0.841. The predicted molar refractivity (Wildman–Crippen MR) is 79.8 cm³/mol. The monoisotopic (exact) mass is 255 g/mol. The third-order valence-electron chi connectivity index (χ3n) is 2.84. The molecule has 0 aliphatic rings. The molecule has 0 heterocycles. The van der Waals surface area contributed by atoms with Crippen molar-refractivity contribution in [1.29, 1.82) is 0 Å². The van der Waals surface area contributed by atoms with E-state index in [1.54, 1.807) is 0 Å².